The number of carbonyl (C=O) groups excluding carboxylic acids is 1. The Hall–Kier alpha value is -1.85. The molecule has 0 radical (unpaired) electrons. The van der Waals surface area contributed by atoms with E-state index in [1.807, 2.05) is 0 Å². The number of hydrogen-bond acceptors (Lipinski definition) is 5. The summed E-state index contributed by atoms with van der Waals surface area (Å²) in [4.78, 5) is 13.9. The van der Waals surface area contributed by atoms with Gasteiger partial charge in [0.25, 0.3) is 7.52 Å². The Morgan fingerprint density at radius 1 is 1.48 bits per heavy atom. The molecule has 1 aromatic rings. The van der Waals surface area contributed by atoms with E-state index >= 15 is 0 Å². The van der Waals surface area contributed by atoms with Gasteiger partial charge < -0.3 is 9.26 Å². The van der Waals surface area contributed by atoms with Crippen LogP contribution in [0.5, 0.6) is 0 Å². The molecule has 9 heteroatoms. The van der Waals surface area contributed by atoms with Crippen molar-refractivity contribution in [2.24, 2.45) is 5.11 Å². The first kappa shape index (κ1) is 17.2. The Bertz CT molecular complexity index is 560. The first-order valence-corrected chi connectivity index (χ1v) is 7.92. The summed E-state index contributed by atoms with van der Waals surface area (Å²) in [5.74, 6) is -1.66. The van der Waals surface area contributed by atoms with Crippen LogP contribution in [-0.4, -0.2) is 26.2 Å². The quantitative estimate of drug-likeness (QED) is 0.260. The van der Waals surface area contributed by atoms with Crippen molar-refractivity contribution in [3.05, 3.63) is 46.3 Å². The summed E-state index contributed by atoms with van der Waals surface area (Å²) in [6, 6.07) is 8.58. The van der Waals surface area contributed by atoms with E-state index in [0.717, 1.165) is 0 Å². The van der Waals surface area contributed by atoms with E-state index in [-0.39, 0.29) is 13.2 Å². The average molecular weight is 312 g/mol. The van der Waals surface area contributed by atoms with Crippen LogP contribution in [0.4, 0.5) is 0 Å². The van der Waals surface area contributed by atoms with Crippen molar-refractivity contribution in [1.82, 2.24) is 5.09 Å². The molecule has 0 aliphatic carbocycles. The van der Waals surface area contributed by atoms with Gasteiger partial charge in [0.2, 0.25) is 0 Å². The molecule has 0 spiro atoms. The van der Waals surface area contributed by atoms with Crippen LogP contribution in [-0.2, 0) is 18.6 Å². The fourth-order valence-corrected chi connectivity index (χ4v) is 3.53. The molecular weight excluding hydrogens is 295 g/mol. The SMILES string of the molecule is CCOP(=O)(NCC(=O)OC)C(N=[N+]=[N-])c1ccccc1. The molecule has 1 aromatic carbocycles. The lowest BCUT2D eigenvalue weighted by molar-refractivity contribution is -0.139. The number of nitrogens with zero attached hydrogens (tertiary/aromatic N) is 3. The summed E-state index contributed by atoms with van der Waals surface area (Å²) in [6.45, 7) is 1.48. The van der Waals surface area contributed by atoms with Gasteiger partial charge in [-0.3, -0.25) is 9.36 Å². The van der Waals surface area contributed by atoms with Gasteiger partial charge in [-0.05, 0) is 18.0 Å². The number of methoxy groups -OCH3 is 1. The van der Waals surface area contributed by atoms with Crippen LogP contribution in [0.1, 0.15) is 18.3 Å². The van der Waals surface area contributed by atoms with E-state index in [1.165, 1.54) is 7.11 Å². The van der Waals surface area contributed by atoms with Crippen molar-refractivity contribution in [3.8, 4) is 0 Å². The maximum atomic E-state index is 12.9. The molecule has 0 bridgehead atoms. The number of ether oxygens (including phenoxy) is 1. The molecule has 0 aliphatic rings. The van der Waals surface area contributed by atoms with Gasteiger partial charge in [0.05, 0.1) is 13.7 Å². The molecule has 1 N–H and O–H groups in total. The summed E-state index contributed by atoms with van der Waals surface area (Å²) in [6.07, 6.45) is 0. The summed E-state index contributed by atoms with van der Waals surface area (Å²) >= 11 is 0. The largest absolute Gasteiger partial charge is 0.468 e. The molecular formula is C12H17N4O4P. The van der Waals surface area contributed by atoms with Crippen molar-refractivity contribution in [1.29, 1.82) is 0 Å². The Kier molecular flexibility index (Phi) is 6.91. The number of nitrogens with one attached hydrogen (secondary N) is 1. The third kappa shape index (κ3) is 4.88. The summed E-state index contributed by atoms with van der Waals surface area (Å²) in [7, 11) is -2.39. The minimum absolute atomic E-state index is 0.135. The number of carbonyl (C=O) groups is 1. The van der Waals surface area contributed by atoms with Gasteiger partial charge in [0, 0.05) is 4.91 Å². The molecule has 1 rings (SSSR count). The first-order chi connectivity index (χ1) is 10.1. The highest BCUT2D eigenvalue weighted by Gasteiger charge is 2.35. The maximum Gasteiger partial charge on any atom is 0.320 e. The summed E-state index contributed by atoms with van der Waals surface area (Å²) in [5, 5.41) is 6.09. The molecule has 0 aliphatic heterocycles. The standard InChI is InChI=1S/C12H17N4O4P/c1-3-20-21(18,14-9-11(17)19-2)12(15-16-13)10-7-5-4-6-8-10/h4-8,12H,3,9H2,1-2H3,(H,14,18). The van der Waals surface area contributed by atoms with Gasteiger partial charge in [-0.15, -0.1) is 0 Å². The topological polar surface area (TPSA) is 113 Å². The smallest absolute Gasteiger partial charge is 0.320 e. The van der Waals surface area contributed by atoms with Gasteiger partial charge in [-0.2, -0.15) is 0 Å². The van der Waals surface area contributed by atoms with Crippen LogP contribution < -0.4 is 5.09 Å². The lowest BCUT2D eigenvalue weighted by atomic mass is 10.2. The molecule has 0 fully saturated rings. The predicted octanol–water partition coefficient (Wildman–Crippen LogP) is 2.99. The van der Waals surface area contributed by atoms with Crippen molar-refractivity contribution in [3.63, 3.8) is 0 Å². The van der Waals surface area contributed by atoms with Crippen LogP contribution in [0.3, 0.4) is 0 Å². The minimum Gasteiger partial charge on any atom is -0.468 e. The van der Waals surface area contributed by atoms with Crippen LogP contribution in [0, 0.1) is 0 Å². The number of rotatable bonds is 8. The van der Waals surface area contributed by atoms with Crippen molar-refractivity contribution >= 4 is 13.5 Å². The van der Waals surface area contributed by atoms with E-state index in [4.69, 9.17) is 10.1 Å². The van der Waals surface area contributed by atoms with E-state index in [9.17, 15) is 9.36 Å². The second-order valence-corrected chi connectivity index (χ2v) is 6.17. The van der Waals surface area contributed by atoms with Gasteiger partial charge in [-0.1, -0.05) is 35.4 Å². The van der Waals surface area contributed by atoms with Gasteiger partial charge in [0.1, 0.15) is 6.54 Å². The highest BCUT2D eigenvalue weighted by molar-refractivity contribution is 7.57. The minimum atomic E-state index is -3.61. The Morgan fingerprint density at radius 2 is 2.14 bits per heavy atom. The third-order valence-electron chi connectivity index (χ3n) is 2.57. The fraction of sp³-hybridized carbons (Fsp3) is 0.417. The van der Waals surface area contributed by atoms with Gasteiger partial charge in [-0.25, -0.2) is 5.09 Å². The van der Waals surface area contributed by atoms with Crippen LogP contribution in [0.25, 0.3) is 10.4 Å². The molecule has 0 amide bonds. The Balaban J connectivity index is 3.11. The lowest BCUT2D eigenvalue weighted by Crippen LogP contribution is -2.24. The summed E-state index contributed by atoms with van der Waals surface area (Å²) < 4.78 is 22.7. The third-order valence-corrected chi connectivity index (χ3v) is 4.86. The Labute approximate surface area is 122 Å². The van der Waals surface area contributed by atoms with E-state index < -0.39 is 19.3 Å². The van der Waals surface area contributed by atoms with Gasteiger partial charge in [0.15, 0.2) is 5.78 Å². The van der Waals surface area contributed by atoms with E-state index in [2.05, 4.69) is 19.9 Å². The molecule has 114 valence electrons. The second-order valence-electron chi connectivity index (χ2n) is 3.92. The Morgan fingerprint density at radius 3 is 2.67 bits per heavy atom. The van der Waals surface area contributed by atoms with Crippen molar-refractivity contribution in [2.75, 3.05) is 20.3 Å². The van der Waals surface area contributed by atoms with Gasteiger partial charge >= 0.3 is 5.97 Å². The molecule has 0 saturated carbocycles. The molecule has 8 nitrogen and oxygen atoms in total. The monoisotopic (exact) mass is 312 g/mol. The zero-order chi connectivity index (χ0) is 15.7. The fourth-order valence-electron chi connectivity index (χ4n) is 1.65. The maximum absolute atomic E-state index is 12.9. The normalized spacial score (nSPS) is 14.6. The zero-order valence-corrected chi connectivity index (χ0v) is 12.7. The highest BCUT2D eigenvalue weighted by atomic mass is 31.2. The van der Waals surface area contributed by atoms with E-state index in [1.54, 1.807) is 37.3 Å². The summed E-state index contributed by atoms with van der Waals surface area (Å²) in [5.41, 5.74) is 9.25. The number of benzene rings is 1. The molecule has 0 aromatic heterocycles. The van der Waals surface area contributed by atoms with Crippen molar-refractivity contribution in [2.45, 2.75) is 12.7 Å². The zero-order valence-electron chi connectivity index (χ0n) is 11.8. The molecule has 0 heterocycles. The predicted molar refractivity (Wildman–Crippen MR) is 77.6 cm³/mol. The molecule has 2 unspecified atom stereocenters. The number of hydrogen-bond donors (Lipinski definition) is 1. The molecule has 0 saturated heterocycles. The molecule has 2 atom stereocenters. The molecule has 21 heavy (non-hydrogen) atoms. The second kappa shape index (κ2) is 8.44. The van der Waals surface area contributed by atoms with Crippen molar-refractivity contribution < 1.29 is 18.6 Å². The highest BCUT2D eigenvalue weighted by Crippen LogP contribution is 2.57. The van der Waals surface area contributed by atoms with E-state index in [0.29, 0.717) is 5.56 Å². The number of azide groups is 1. The lowest BCUT2D eigenvalue weighted by Gasteiger charge is -2.24. The number of esters is 1. The average Bonchev–Trinajstić information content (AvgIpc) is 2.51. The van der Waals surface area contributed by atoms with Crippen LogP contribution in [0.2, 0.25) is 0 Å². The van der Waals surface area contributed by atoms with Crippen LogP contribution >= 0.6 is 7.52 Å². The van der Waals surface area contributed by atoms with Crippen LogP contribution in [0.15, 0.2) is 35.4 Å². The first-order valence-electron chi connectivity index (χ1n) is 6.22.